The molecular formula is C10H12N4O. The van der Waals surface area contributed by atoms with E-state index in [1.807, 2.05) is 13.0 Å². The van der Waals surface area contributed by atoms with Crippen molar-refractivity contribution in [3.8, 4) is 6.07 Å². The second-order valence-corrected chi connectivity index (χ2v) is 3.26. The van der Waals surface area contributed by atoms with E-state index in [0.717, 1.165) is 0 Å². The number of carbonyl (C=O) groups excluding carboxylic acids is 1. The second-order valence-electron chi connectivity index (χ2n) is 3.26. The first-order chi connectivity index (χ1) is 7.16. The van der Waals surface area contributed by atoms with Gasteiger partial charge in [-0.1, -0.05) is 0 Å². The predicted molar refractivity (Wildman–Crippen MR) is 53.8 cm³/mol. The Hall–Kier alpha value is -1.96. The summed E-state index contributed by atoms with van der Waals surface area (Å²) in [5.41, 5.74) is 0.484. The Morgan fingerprint density at radius 2 is 2.40 bits per heavy atom. The molecule has 15 heavy (non-hydrogen) atoms. The first-order valence-electron chi connectivity index (χ1n) is 4.57. The van der Waals surface area contributed by atoms with Crippen molar-refractivity contribution in [1.82, 2.24) is 15.1 Å². The molecule has 0 aliphatic heterocycles. The van der Waals surface area contributed by atoms with Gasteiger partial charge in [0.05, 0.1) is 30.4 Å². The second kappa shape index (κ2) is 5.05. The van der Waals surface area contributed by atoms with Crippen molar-refractivity contribution in [2.24, 2.45) is 0 Å². The van der Waals surface area contributed by atoms with Gasteiger partial charge in [0.1, 0.15) is 0 Å². The largest absolute Gasteiger partial charge is 0.338 e. The van der Waals surface area contributed by atoms with Crippen LogP contribution in [0.25, 0.3) is 0 Å². The predicted octanol–water partition coefficient (Wildman–Crippen LogP) is 0.851. The molecule has 0 spiro atoms. The average Bonchev–Trinajstić information content (AvgIpc) is 2.28. The Labute approximate surface area is 88.3 Å². The van der Waals surface area contributed by atoms with Crippen LogP contribution in [-0.2, 0) is 0 Å². The van der Waals surface area contributed by atoms with Gasteiger partial charge in [-0.05, 0) is 13.0 Å². The normalized spacial score (nSPS) is 11.5. The summed E-state index contributed by atoms with van der Waals surface area (Å²) in [4.78, 5) is 13.3. The van der Waals surface area contributed by atoms with Crippen molar-refractivity contribution in [1.29, 1.82) is 5.26 Å². The lowest BCUT2D eigenvalue weighted by molar-refractivity contribution is 0.0745. The van der Waals surface area contributed by atoms with Crippen LogP contribution in [0, 0.1) is 11.3 Å². The molecule has 1 aromatic rings. The third kappa shape index (κ3) is 2.74. The van der Waals surface area contributed by atoms with Crippen LogP contribution in [0.5, 0.6) is 0 Å². The molecule has 1 rings (SSSR count). The third-order valence-corrected chi connectivity index (χ3v) is 2.20. The highest BCUT2D eigenvalue weighted by molar-refractivity contribution is 5.93. The summed E-state index contributed by atoms with van der Waals surface area (Å²) in [6.07, 6.45) is 3.20. The Kier molecular flexibility index (Phi) is 3.75. The molecule has 78 valence electrons. The minimum Gasteiger partial charge on any atom is -0.338 e. The van der Waals surface area contributed by atoms with Gasteiger partial charge in [0.2, 0.25) is 0 Å². The van der Waals surface area contributed by atoms with E-state index in [4.69, 9.17) is 5.26 Å². The van der Waals surface area contributed by atoms with Crippen molar-refractivity contribution >= 4 is 5.91 Å². The van der Waals surface area contributed by atoms with Crippen molar-refractivity contribution in [3.63, 3.8) is 0 Å². The van der Waals surface area contributed by atoms with Gasteiger partial charge in [-0.15, -0.1) is 0 Å². The smallest absolute Gasteiger partial charge is 0.255 e. The molecule has 0 aromatic carbocycles. The van der Waals surface area contributed by atoms with Crippen LogP contribution in [0.3, 0.4) is 0 Å². The maximum Gasteiger partial charge on any atom is 0.255 e. The highest BCUT2D eigenvalue weighted by Gasteiger charge is 2.16. The van der Waals surface area contributed by atoms with E-state index in [1.165, 1.54) is 17.3 Å². The maximum atomic E-state index is 11.8. The zero-order valence-corrected chi connectivity index (χ0v) is 8.71. The fourth-order valence-electron chi connectivity index (χ4n) is 1.09. The third-order valence-electron chi connectivity index (χ3n) is 2.20. The summed E-state index contributed by atoms with van der Waals surface area (Å²) in [6, 6.07) is 3.53. The Bertz CT molecular complexity index is 371. The molecule has 0 bridgehead atoms. The van der Waals surface area contributed by atoms with Crippen LogP contribution in [0.1, 0.15) is 23.7 Å². The van der Waals surface area contributed by atoms with Gasteiger partial charge in [-0.3, -0.25) is 4.79 Å². The first kappa shape index (κ1) is 11.1. The summed E-state index contributed by atoms with van der Waals surface area (Å²) in [5.74, 6) is -0.146. The summed E-state index contributed by atoms with van der Waals surface area (Å²) >= 11 is 0. The van der Waals surface area contributed by atoms with Crippen LogP contribution < -0.4 is 0 Å². The summed E-state index contributed by atoms with van der Waals surface area (Å²) in [5, 5.41) is 15.8. The monoisotopic (exact) mass is 204 g/mol. The zero-order chi connectivity index (χ0) is 11.3. The number of nitrogens with zero attached hydrogens (tertiary/aromatic N) is 4. The summed E-state index contributed by atoms with van der Waals surface area (Å²) in [6.45, 7) is 1.83. The number of amides is 1. The lowest BCUT2D eigenvalue weighted by Gasteiger charge is -2.22. The van der Waals surface area contributed by atoms with Crippen LogP contribution in [-0.4, -0.2) is 34.1 Å². The maximum absolute atomic E-state index is 11.8. The highest BCUT2D eigenvalue weighted by Crippen LogP contribution is 2.06. The van der Waals surface area contributed by atoms with Crippen molar-refractivity contribution in [3.05, 3.63) is 24.0 Å². The minimum absolute atomic E-state index is 0.101. The zero-order valence-electron chi connectivity index (χ0n) is 8.71. The van der Waals surface area contributed by atoms with E-state index in [2.05, 4.69) is 10.2 Å². The number of hydrogen-bond acceptors (Lipinski definition) is 4. The average molecular weight is 204 g/mol. The van der Waals surface area contributed by atoms with Crippen molar-refractivity contribution in [2.75, 3.05) is 7.05 Å². The molecule has 0 saturated heterocycles. The van der Waals surface area contributed by atoms with E-state index in [-0.39, 0.29) is 11.9 Å². The molecule has 0 radical (unpaired) electrons. The Morgan fingerprint density at radius 3 is 2.93 bits per heavy atom. The molecule has 1 amide bonds. The summed E-state index contributed by atoms with van der Waals surface area (Å²) in [7, 11) is 1.67. The lowest BCUT2D eigenvalue weighted by Crippen LogP contribution is -2.34. The quantitative estimate of drug-likeness (QED) is 0.731. The molecule has 0 aliphatic rings. The van der Waals surface area contributed by atoms with Crippen molar-refractivity contribution in [2.45, 2.75) is 19.4 Å². The number of nitriles is 1. The fourth-order valence-corrected chi connectivity index (χ4v) is 1.09. The van der Waals surface area contributed by atoms with Crippen LogP contribution in [0.4, 0.5) is 0 Å². The van der Waals surface area contributed by atoms with E-state index in [9.17, 15) is 4.79 Å². The van der Waals surface area contributed by atoms with Gasteiger partial charge in [0.25, 0.3) is 5.91 Å². The molecule has 0 saturated carbocycles. The molecule has 0 fully saturated rings. The summed E-state index contributed by atoms with van der Waals surface area (Å²) < 4.78 is 0. The number of hydrogen-bond donors (Lipinski definition) is 0. The van der Waals surface area contributed by atoms with Crippen LogP contribution in [0.15, 0.2) is 18.5 Å². The van der Waals surface area contributed by atoms with E-state index < -0.39 is 0 Å². The van der Waals surface area contributed by atoms with Gasteiger partial charge in [0, 0.05) is 13.1 Å². The van der Waals surface area contributed by atoms with Gasteiger partial charge in [0.15, 0.2) is 0 Å². The molecule has 1 heterocycles. The number of rotatable bonds is 3. The van der Waals surface area contributed by atoms with Crippen molar-refractivity contribution < 1.29 is 4.79 Å². The molecule has 1 atom stereocenters. The molecule has 1 aromatic heterocycles. The molecule has 5 heteroatoms. The first-order valence-corrected chi connectivity index (χ1v) is 4.57. The SMILES string of the molecule is CC(CC#N)N(C)C(=O)c1ccnnc1. The molecular weight excluding hydrogens is 192 g/mol. The number of aromatic nitrogens is 2. The van der Waals surface area contributed by atoms with Gasteiger partial charge in [-0.2, -0.15) is 15.5 Å². The standard InChI is InChI=1S/C10H12N4O/c1-8(3-5-11)14(2)10(15)9-4-6-12-13-7-9/h4,6-8H,3H2,1-2H3. The number of carbonyl (C=O) groups is 1. The Morgan fingerprint density at radius 1 is 1.67 bits per heavy atom. The highest BCUT2D eigenvalue weighted by atomic mass is 16.2. The van der Waals surface area contributed by atoms with Gasteiger partial charge in [-0.25, -0.2) is 0 Å². The lowest BCUT2D eigenvalue weighted by atomic mass is 10.2. The van der Waals surface area contributed by atoms with Gasteiger partial charge >= 0.3 is 0 Å². The van der Waals surface area contributed by atoms with E-state index in [0.29, 0.717) is 12.0 Å². The minimum atomic E-state index is -0.146. The van der Waals surface area contributed by atoms with E-state index in [1.54, 1.807) is 13.1 Å². The molecule has 5 nitrogen and oxygen atoms in total. The van der Waals surface area contributed by atoms with Crippen LogP contribution in [0.2, 0.25) is 0 Å². The van der Waals surface area contributed by atoms with Crippen LogP contribution >= 0.6 is 0 Å². The molecule has 1 unspecified atom stereocenters. The fraction of sp³-hybridized carbons (Fsp3) is 0.400. The van der Waals surface area contributed by atoms with Gasteiger partial charge < -0.3 is 4.90 Å². The van der Waals surface area contributed by atoms with E-state index >= 15 is 0 Å². The topological polar surface area (TPSA) is 69.9 Å². The Balaban J connectivity index is 2.74. The molecule has 0 aliphatic carbocycles. The molecule has 0 N–H and O–H groups in total.